The van der Waals surface area contributed by atoms with Crippen molar-refractivity contribution in [3.05, 3.63) is 24.3 Å². The number of piperidine rings is 1. The van der Waals surface area contributed by atoms with Crippen LogP contribution < -0.4 is 14.8 Å². The summed E-state index contributed by atoms with van der Waals surface area (Å²) < 4.78 is 11.2. The van der Waals surface area contributed by atoms with Crippen molar-refractivity contribution in [3.63, 3.8) is 0 Å². The van der Waals surface area contributed by atoms with Crippen LogP contribution in [-0.2, 0) is 0 Å². The number of nitrogens with one attached hydrogen (secondary N) is 1. The Bertz CT molecular complexity index is 583. The van der Waals surface area contributed by atoms with Crippen molar-refractivity contribution in [3.8, 4) is 11.5 Å². The summed E-state index contributed by atoms with van der Waals surface area (Å²) in [6.45, 7) is 6.48. The molecule has 0 bridgehead atoms. The van der Waals surface area contributed by atoms with Gasteiger partial charge in [-0.2, -0.15) is 0 Å². The molecule has 2 saturated heterocycles. The van der Waals surface area contributed by atoms with E-state index in [2.05, 4.69) is 17.1 Å². The molecule has 144 valence electrons. The Morgan fingerprint density at radius 2 is 1.88 bits per heavy atom. The van der Waals surface area contributed by atoms with E-state index in [0.717, 1.165) is 37.6 Å². The molecule has 2 aliphatic heterocycles. The number of hydrogen-bond donors (Lipinski definition) is 1. The van der Waals surface area contributed by atoms with Gasteiger partial charge in [0.1, 0.15) is 6.10 Å². The van der Waals surface area contributed by atoms with Crippen LogP contribution in [0.4, 0.5) is 4.79 Å². The molecule has 0 radical (unpaired) electrons. The molecule has 0 aromatic heterocycles. The summed E-state index contributed by atoms with van der Waals surface area (Å²) in [6.07, 6.45) is 4.98. The molecule has 6 heteroatoms. The van der Waals surface area contributed by atoms with Crippen LogP contribution in [0.25, 0.3) is 0 Å². The van der Waals surface area contributed by atoms with E-state index in [9.17, 15) is 4.79 Å². The first-order chi connectivity index (χ1) is 12.7. The van der Waals surface area contributed by atoms with Gasteiger partial charge in [0.25, 0.3) is 0 Å². The van der Waals surface area contributed by atoms with Crippen molar-refractivity contribution < 1.29 is 14.3 Å². The molecule has 2 heterocycles. The van der Waals surface area contributed by atoms with Crippen LogP contribution >= 0.6 is 0 Å². The molecule has 1 aromatic carbocycles. The van der Waals surface area contributed by atoms with Crippen molar-refractivity contribution >= 4 is 6.03 Å². The summed E-state index contributed by atoms with van der Waals surface area (Å²) in [5, 5.41) is 3.10. The predicted molar refractivity (Wildman–Crippen MR) is 102 cm³/mol. The van der Waals surface area contributed by atoms with Gasteiger partial charge >= 0.3 is 6.03 Å². The highest BCUT2D eigenvalue weighted by Gasteiger charge is 2.33. The molecule has 2 aliphatic rings. The van der Waals surface area contributed by atoms with Gasteiger partial charge in [-0.25, -0.2) is 4.79 Å². The molecule has 2 fully saturated rings. The Balaban J connectivity index is 1.40. The number of ether oxygens (including phenoxy) is 2. The zero-order valence-electron chi connectivity index (χ0n) is 15.9. The lowest BCUT2D eigenvalue weighted by Crippen LogP contribution is -2.60. The van der Waals surface area contributed by atoms with E-state index in [1.54, 1.807) is 7.11 Å². The molecule has 26 heavy (non-hydrogen) atoms. The maximum Gasteiger partial charge on any atom is 0.317 e. The van der Waals surface area contributed by atoms with E-state index < -0.39 is 0 Å². The van der Waals surface area contributed by atoms with Crippen LogP contribution in [0.15, 0.2) is 24.3 Å². The van der Waals surface area contributed by atoms with Gasteiger partial charge in [-0.3, -0.25) is 4.90 Å². The van der Waals surface area contributed by atoms with Gasteiger partial charge in [-0.05, 0) is 44.5 Å². The van der Waals surface area contributed by atoms with Gasteiger partial charge < -0.3 is 19.7 Å². The number of methoxy groups -OCH3 is 1. The molecule has 0 aliphatic carbocycles. The third kappa shape index (κ3) is 4.61. The zero-order chi connectivity index (χ0) is 18.4. The largest absolute Gasteiger partial charge is 0.493 e. The Morgan fingerprint density at radius 1 is 1.19 bits per heavy atom. The highest BCUT2D eigenvalue weighted by Crippen LogP contribution is 2.28. The van der Waals surface area contributed by atoms with Crippen molar-refractivity contribution in [1.29, 1.82) is 0 Å². The normalized spacial score (nSPS) is 19.5. The lowest BCUT2D eigenvalue weighted by atomic mass is 10.1. The monoisotopic (exact) mass is 361 g/mol. The quantitative estimate of drug-likeness (QED) is 0.811. The molecule has 1 N–H and O–H groups in total. The second kappa shape index (κ2) is 9.12. The van der Waals surface area contributed by atoms with Crippen molar-refractivity contribution in [2.45, 2.75) is 44.8 Å². The number of amides is 2. The fraction of sp³-hybridized carbons (Fsp3) is 0.650. The molecule has 1 atom stereocenters. The van der Waals surface area contributed by atoms with Gasteiger partial charge in [0, 0.05) is 12.6 Å². The molecule has 0 saturated carbocycles. The molecule has 3 rings (SSSR count). The third-order valence-electron chi connectivity index (χ3n) is 5.37. The predicted octanol–water partition coefficient (Wildman–Crippen LogP) is 2.73. The summed E-state index contributed by atoms with van der Waals surface area (Å²) >= 11 is 0. The minimum atomic E-state index is 0.0142. The lowest BCUT2D eigenvalue weighted by Gasteiger charge is -2.40. The Hall–Kier alpha value is -1.95. The third-order valence-corrected chi connectivity index (χ3v) is 5.37. The van der Waals surface area contributed by atoms with E-state index in [1.807, 2.05) is 29.2 Å². The number of rotatable bonds is 7. The van der Waals surface area contributed by atoms with Crippen LogP contribution in [0, 0.1) is 0 Å². The van der Waals surface area contributed by atoms with E-state index in [0.29, 0.717) is 19.1 Å². The molecule has 2 amide bonds. The smallest absolute Gasteiger partial charge is 0.317 e. The zero-order valence-corrected chi connectivity index (χ0v) is 15.9. The van der Waals surface area contributed by atoms with Crippen LogP contribution in [0.3, 0.4) is 0 Å². The molecular weight excluding hydrogens is 330 g/mol. The maximum absolute atomic E-state index is 12.4. The number of carbonyl (C=O) groups is 1. The number of hydrogen-bond acceptors (Lipinski definition) is 4. The summed E-state index contributed by atoms with van der Waals surface area (Å²) in [6, 6.07) is 8.07. The molecule has 1 aromatic rings. The second-order valence-electron chi connectivity index (χ2n) is 7.14. The van der Waals surface area contributed by atoms with E-state index in [1.165, 1.54) is 19.3 Å². The summed E-state index contributed by atoms with van der Waals surface area (Å²) in [5.41, 5.74) is 0. The van der Waals surface area contributed by atoms with E-state index in [-0.39, 0.29) is 12.1 Å². The number of benzene rings is 1. The number of carbonyl (C=O) groups excluding carboxylic acids is 1. The standard InChI is InChI=1S/C20H31N3O3/c1-3-16(22-11-7-4-8-12-22)13-21-20(24)23-14-17(15-23)26-19-10-6-5-9-18(19)25-2/h5-6,9-10,16-17H,3-4,7-8,11-15H2,1-2H3,(H,21,24)/t16-/m0/s1. The van der Waals surface area contributed by atoms with Crippen molar-refractivity contribution in [2.75, 3.05) is 39.8 Å². The topological polar surface area (TPSA) is 54.0 Å². The minimum absolute atomic E-state index is 0.0142. The fourth-order valence-electron chi connectivity index (χ4n) is 3.71. The fourth-order valence-corrected chi connectivity index (χ4v) is 3.71. The van der Waals surface area contributed by atoms with Gasteiger partial charge in [-0.15, -0.1) is 0 Å². The summed E-state index contributed by atoms with van der Waals surface area (Å²) in [7, 11) is 1.63. The second-order valence-corrected chi connectivity index (χ2v) is 7.14. The number of urea groups is 1. The van der Waals surface area contributed by atoms with Crippen LogP contribution in [-0.4, -0.2) is 67.8 Å². The van der Waals surface area contributed by atoms with Gasteiger partial charge in [0.05, 0.1) is 20.2 Å². The van der Waals surface area contributed by atoms with E-state index in [4.69, 9.17) is 9.47 Å². The highest BCUT2D eigenvalue weighted by atomic mass is 16.5. The average Bonchev–Trinajstić information content (AvgIpc) is 2.65. The SMILES string of the molecule is CC[C@@H](CNC(=O)N1CC(Oc2ccccc2OC)C1)N1CCCCC1. The first-order valence-electron chi connectivity index (χ1n) is 9.77. The highest BCUT2D eigenvalue weighted by molar-refractivity contribution is 5.75. The first kappa shape index (κ1) is 18.8. The average molecular weight is 361 g/mol. The Kier molecular flexibility index (Phi) is 6.61. The minimum Gasteiger partial charge on any atom is -0.493 e. The number of para-hydroxylation sites is 2. The van der Waals surface area contributed by atoms with Crippen molar-refractivity contribution in [2.24, 2.45) is 0 Å². The number of likely N-dealkylation sites (tertiary alicyclic amines) is 2. The Morgan fingerprint density at radius 3 is 2.54 bits per heavy atom. The van der Waals surface area contributed by atoms with Gasteiger partial charge in [-0.1, -0.05) is 25.5 Å². The molecular formula is C20H31N3O3. The molecule has 0 unspecified atom stereocenters. The van der Waals surface area contributed by atoms with Gasteiger partial charge in [0.15, 0.2) is 11.5 Å². The first-order valence-corrected chi connectivity index (χ1v) is 9.77. The Labute approximate surface area is 156 Å². The summed E-state index contributed by atoms with van der Waals surface area (Å²) in [4.78, 5) is 16.7. The van der Waals surface area contributed by atoms with Crippen molar-refractivity contribution in [1.82, 2.24) is 15.1 Å². The summed E-state index contributed by atoms with van der Waals surface area (Å²) in [5.74, 6) is 1.46. The van der Waals surface area contributed by atoms with E-state index >= 15 is 0 Å². The van der Waals surface area contributed by atoms with Gasteiger partial charge in [0.2, 0.25) is 0 Å². The maximum atomic E-state index is 12.4. The molecule has 0 spiro atoms. The lowest BCUT2D eigenvalue weighted by molar-refractivity contribution is 0.0417. The molecule has 6 nitrogen and oxygen atoms in total. The number of nitrogens with zero attached hydrogens (tertiary/aromatic N) is 2. The van der Waals surface area contributed by atoms with Crippen LogP contribution in [0.2, 0.25) is 0 Å². The van der Waals surface area contributed by atoms with Crippen LogP contribution in [0.1, 0.15) is 32.6 Å². The van der Waals surface area contributed by atoms with Crippen LogP contribution in [0.5, 0.6) is 11.5 Å².